The number of aryl methyl sites for hydroxylation is 4. The number of carboxylic acids is 2. The van der Waals surface area contributed by atoms with Crippen LogP contribution in [0.15, 0.2) is 24.5 Å². The third-order valence-corrected chi connectivity index (χ3v) is 2.82. The molecule has 0 aliphatic heterocycles. The fraction of sp³-hybridized carbons (Fsp3) is 0.250. The van der Waals surface area contributed by atoms with Crippen LogP contribution in [0.25, 0.3) is 0 Å². The summed E-state index contributed by atoms with van der Waals surface area (Å²) in [5.74, 6) is -2.44. The van der Waals surface area contributed by atoms with Crippen molar-refractivity contribution in [2.45, 2.75) is 27.7 Å². The van der Waals surface area contributed by atoms with Crippen LogP contribution in [0.5, 0.6) is 0 Å². The Hall–Kier alpha value is -2.24. The first-order valence-corrected chi connectivity index (χ1v) is 6.51. The molecule has 0 saturated heterocycles. The summed E-state index contributed by atoms with van der Waals surface area (Å²) in [4.78, 5) is 28.1. The van der Waals surface area contributed by atoms with E-state index in [4.69, 9.17) is 0 Å². The normalized spacial score (nSPS) is 9.22. The molecule has 0 spiro atoms. The van der Waals surface area contributed by atoms with E-state index in [0.29, 0.717) is 11.1 Å². The van der Waals surface area contributed by atoms with Gasteiger partial charge in [0.2, 0.25) is 0 Å². The summed E-state index contributed by atoms with van der Waals surface area (Å²) in [6.07, 6.45) is 3.02. The van der Waals surface area contributed by atoms with Gasteiger partial charge in [0.15, 0.2) is 0 Å². The van der Waals surface area contributed by atoms with E-state index in [-0.39, 0.29) is 28.5 Å². The average molecular weight is 364 g/mol. The zero-order chi connectivity index (χ0) is 16.9. The van der Waals surface area contributed by atoms with Gasteiger partial charge in [0.05, 0.1) is 23.3 Å². The second-order valence-electron chi connectivity index (χ2n) is 4.93. The molecule has 23 heavy (non-hydrogen) atoms. The molecule has 1 radical (unpaired) electrons. The predicted octanol–water partition coefficient (Wildman–Crippen LogP) is 0.121. The van der Waals surface area contributed by atoms with Crippen LogP contribution in [-0.2, 0) is 17.1 Å². The van der Waals surface area contributed by atoms with Gasteiger partial charge in [-0.1, -0.05) is 12.1 Å². The number of aromatic carboxylic acids is 2. The van der Waals surface area contributed by atoms with Crippen molar-refractivity contribution in [3.63, 3.8) is 0 Å². The minimum Gasteiger partial charge on any atom is -0.543 e. The second-order valence-corrected chi connectivity index (χ2v) is 4.93. The van der Waals surface area contributed by atoms with E-state index in [1.54, 1.807) is 26.0 Å². The van der Waals surface area contributed by atoms with Crippen LogP contribution in [0.2, 0.25) is 0 Å². The van der Waals surface area contributed by atoms with Crippen molar-refractivity contribution in [3.05, 3.63) is 58.2 Å². The summed E-state index contributed by atoms with van der Waals surface area (Å²) in [7, 11) is 0. The molecule has 0 amide bonds. The van der Waals surface area contributed by atoms with Gasteiger partial charge in [0, 0.05) is 12.4 Å². The first-order chi connectivity index (χ1) is 10.2. The van der Waals surface area contributed by atoms with Crippen LogP contribution in [-0.4, -0.2) is 21.9 Å². The molecule has 0 fully saturated rings. The Balaban J connectivity index is 0.000000403. The molecule has 0 aromatic carbocycles. The van der Waals surface area contributed by atoms with E-state index >= 15 is 0 Å². The molecule has 0 bridgehead atoms. The standard InChI is InChI=1S/2C8H9NO2.Cu/c2*1-5-3-6(2)7(8(10)11)9-4-5;/h2*3-4H,1-2H3,(H,10,11);/q;;+2/p-2. The summed E-state index contributed by atoms with van der Waals surface area (Å²) in [6.45, 7) is 7.12. The molecule has 0 aliphatic carbocycles. The minimum absolute atomic E-state index is 0. The van der Waals surface area contributed by atoms with Gasteiger partial charge >= 0.3 is 17.1 Å². The number of rotatable bonds is 2. The Morgan fingerprint density at radius 2 is 1.09 bits per heavy atom. The second kappa shape index (κ2) is 9.02. The molecule has 2 aromatic heterocycles. The fourth-order valence-corrected chi connectivity index (χ4v) is 1.86. The van der Waals surface area contributed by atoms with Crippen molar-refractivity contribution in [2.24, 2.45) is 0 Å². The van der Waals surface area contributed by atoms with Crippen molar-refractivity contribution in [2.75, 3.05) is 0 Å². The molecule has 0 aliphatic rings. The van der Waals surface area contributed by atoms with E-state index in [1.165, 1.54) is 12.4 Å². The Bertz CT molecular complexity index is 656. The molecule has 2 aromatic rings. The first kappa shape index (κ1) is 20.8. The maximum Gasteiger partial charge on any atom is 2.00 e. The third-order valence-electron chi connectivity index (χ3n) is 2.82. The summed E-state index contributed by atoms with van der Waals surface area (Å²) in [6, 6.07) is 3.52. The molecule has 0 saturated carbocycles. The van der Waals surface area contributed by atoms with E-state index < -0.39 is 11.9 Å². The van der Waals surface area contributed by atoms with Crippen LogP contribution in [0.3, 0.4) is 0 Å². The molecule has 0 atom stereocenters. The van der Waals surface area contributed by atoms with Crippen molar-refractivity contribution >= 4 is 11.9 Å². The zero-order valence-corrected chi connectivity index (χ0v) is 14.1. The van der Waals surface area contributed by atoms with Crippen molar-refractivity contribution in [3.8, 4) is 0 Å². The zero-order valence-electron chi connectivity index (χ0n) is 13.1. The summed E-state index contributed by atoms with van der Waals surface area (Å²) < 4.78 is 0. The minimum atomic E-state index is -1.22. The van der Waals surface area contributed by atoms with Gasteiger partial charge in [-0.3, -0.25) is 9.97 Å². The Kier molecular flexibility index (Phi) is 8.14. The van der Waals surface area contributed by atoms with Crippen LogP contribution in [0.4, 0.5) is 0 Å². The summed E-state index contributed by atoms with van der Waals surface area (Å²) in [5, 5.41) is 20.7. The summed E-state index contributed by atoms with van der Waals surface area (Å²) in [5.41, 5.74) is 3.24. The van der Waals surface area contributed by atoms with E-state index in [2.05, 4.69) is 9.97 Å². The number of pyridine rings is 2. The van der Waals surface area contributed by atoms with Crippen molar-refractivity contribution < 1.29 is 36.9 Å². The van der Waals surface area contributed by atoms with Gasteiger partial charge in [0.25, 0.3) is 0 Å². The number of nitrogens with zero attached hydrogens (tertiary/aromatic N) is 2. The van der Waals surface area contributed by atoms with Gasteiger partial charge in [-0.25, -0.2) is 0 Å². The third kappa shape index (κ3) is 6.18. The van der Waals surface area contributed by atoms with Gasteiger partial charge < -0.3 is 19.8 Å². The maximum absolute atomic E-state index is 10.4. The van der Waals surface area contributed by atoms with Crippen molar-refractivity contribution in [1.29, 1.82) is 0 Å². The van der Waals surface area contributed by atoms with Gasteiger partial charge in [-0.05, 0) is 49.9 Å². The molecule has 7 heteroatoms. The molecule has 6 nitrogen and oxygen atoms in total. The molecule has 2 heterocycles. The molecule has 125 valence electrons. The van der Waals surface area contributed by atoms with Crippen LogP contribution in [0.1, 0.15) is 43.2 Å². The first-order valence-electron chi connectivity index (χ1n) is 6.51. The monoisotopic (exact) mass is 363 g/mol. The van der Waals surface area contributed by atoms with Crippen LogP contribution < -0.4 is 10.2 Å². The molecular formula is C16H16CuN2O4. The Labute approximate surface area is 145 Å². The van der Waals surface area contributed by atoms with E-state index in [9.17, 15) is 19.8 Å². The average Bonchev–Trinajstić information content (AvgIpc) is 2.38. The molecule has 0 unspecified atom stereocenters. The Morgan fingerprint density at radius 1 is 0.783 bits per heavy atom. The molecule has 2 rings (SSSR count). The predicted molar refractivity (Wildman–Crippen MR) is 76.1 cm³/mol. The fourth-order valence-electron chi connectivity index (χ4n) is 1.86. The number of carbonyl (C=O) groups is 2. The summed E-state index contributed by atoms with van der Waals surface area (Å²) >= 11 is 0. The number of hydrogen-bond acceptors (Lipinski definition) is 6. The van der Waals surface area contributed by atoms with Crippen LogP contribution >= 0.6 is 0 Å². The van der Waals surface area contributed by atoms with Gasteiger partial charge in [-0.15, -0.1) is 0 Å². The Morgan fingerprint density at radius 3 is 1.30 bits per heavy atom. The molecule has 0 N–H and O–H groups in total. The molecular weight excluding hydrogens is 348 g/mol. The number of carboxylic acid groups (broad SMARTS) is 2. The van der Waals surface area contributed by atoms with Gasteiger partial charge in [0.1, 0.15) is 0 Å². The van der Waals surface area contributed by atoms with Crippen molar-refractivity contribution in [1.82, 2.24) is 9.97 Å². The topological polar surface area (TPSA) is 106 Å². The maximum atomic E-state index is 10.4. The number of aromatic nitrogens is 2. The van der Waals surface area contributed by atoms with Crippen LogP contribution in [0, 0.1) is 27.7 Å². The quantitative estimate of drug-likeness (QED) is 0.701. The number of carbonyl (C=O) groups excluding carboxylic acids is 2. The van der Waals surface area contributed by atoms with E-state index in [1.807, 2.05) is 13.8 Å². The SMILES string of the molecule is Cc1cnc(C(=O)[O-])c(C)c1.Cc1cnc(C(=O)[O-])c(C)c1.[Cu+2]. The smallest absolute Gasteiger partial charge is 0.543 e. The number of hydrogen-bond donors (Lipinski definition) is 0. The van der Waals surface area contributed by atoms with Gasteiger partial charge in [-0.2, -0.15) is 0 Å². The largest absolute Gasteiger partial charge is 2.00 e. The van der Waals surface area contributed by atoms with E-state index in [0.717, 1.165) is 11.1 Å².